The van der Waals surface area contributed by atoms with Gasteiger partial charge in [-0.1, -0.05) is 122 Å². The van der Waals surface area contributed by atoms with Gasteiger partial charge < -0.3 is 9.80 Å². The summed E-state index contributed by atoms with van der Waals surface area (Å²) in [4.78, 5) is 4.88. The molecule has 0 bridgehead atoms. The zero-order chi connectivity index (χ0) is 31.7. The van der Waals surface area contributed by atoms with E-state index in [1.807, 2.05) is 0 Å². The monoisotopic (exact) mass is 590 g/mol. The van der Waals surface area contributed by atoms with Crippen molar-refractivity contribution in [3.05, 3.63) is 144 Å². The second-order valence-corrected chi connectivity index (χ2v) is 13.9. The molecule has 0 atom stereocenters. The first-order chi connectivity index (χ1) is 22.2. The van der Waals surface area contributed by atoms with E-state index in [0.29, 0.717) is 0 Å². The first-order valence-electron chi connectivity index (χ1n) is 16.2. The number of benzene rings is 6. The third-order valence-corrected chi connectivity index (χ3v) is 9.63. The Bertz CT molecular complexity index is 2130. The lowest BCUT2D eigenvalue weighted by molar-refractivity contribution is 0.591. The molecule has 6 aromatic carbocycles. The van der Waals surface area contributed by atoms with Crippen molar-refractivity contribution in [3.8, 4) is 11.1 Å². The van der Waals surface area contributed by atoms with Gasteiger partial charge in [0, 0.05) is 34.0 Å². The lowest BCUT2D eigenvalue weighted by Gasteiger charge is -2.45. The third-order valence-electron chi connectivity index (χ3n) is 9.63. The normalized spacial score (nSPS) is 13.3. The number of fused-ring (bicyclic) bond motifs is 4. The van der Waals surface area contributed by atoms with E-state index in [4.69, 9.17) is 7.85 Å². The molecule has 0 saturated heterocycles. The van der Waals surface area contributed by atoms with Crippen molar-refractivity contribution in [2.24, 2.45) is 0 Å². The highest BCUT2D eigenvalue weighted by molar-refractivity contribution is 7.00. The van der Waals surface area contributed by atoms with Gasteiger partial charge in [0.1, 0.15) is 7.85 Å². The average Bonchev–Trinajstić information content (AvgIpc) is 3.05. The molecule has 0 saturated carbocycles. The van der Waals surface area contributed by atoms with Gasteiger partial charge in [-0.3, -0.25) is 0 Å². The van der Waals surface area contributed by atoms with Crippen LogP contribution in [0.2, 0.25) is 0 Å². The van der Waals surface area contributed by atoms with Crippen molar-refractivity contribution in [2.75, 3.05) is 9.80 Å². The molecule has 6 aromatic rings. The van der Waals surface area contributed by atoms with Gasteiger partial charge in [0.05, 0.1) is 5.69 Å². The number of aryl methyl sites for hydroxylation is 2. The standard InChI is InChI=1S/C42H36B2N2/c1-27-15-19-32(20-16-27)45-37-21-17-28(2)23-34(37)44-35-24-30(42(3,4)5)18-22-38(35)46(40-26-31(43)25-39(45)41(40)44)36-14-10-9-13-33(36)29-11-7-6-8-12-29/h6-26H,1-5H3. The number of hydrogen-bond acceptors (Lipinski definition) is 2. The Morgan fingerprint density at radius 1 is 0.543 bits per heavy atom. The molecule has 220 valence electrons. The van der Waals surface area contributed by atoms with Gasteiger partial charge in [-0.15, -0.1) is 0 Å². The van der Waals surface area contributed by atoms with E-state index >= 15 is 0 Å². The van der Waals surface area contributed by atoms with Gasteiger partial charge in [-0.25, -0.2) is 0 Å². The molecule has 0 aliphatic carbocycles. The Labute approximate surface area is 274 Å². The minimum Gasteiger partial charge on any atom is -0.311 e. The van der Waals surface area contributed by atoms with Crippen LogP contribution < -0.4 is 31.7 Å². The van der Waals surface area contributed by atoms with Gasteiger partial charge in [-0.2, -0.15) is 0 Å². The summed E-state index contributed by atoms with van der Waals surface area (Å²) in [6, 6.07) is 46.7. The molecule has 8 rings (SSSR count). The fourth-order valence-corrected chi connectivity index (χ4v) is 7.37. The predicted molar refractivity (Wildman–Crippen MR) is 199 cm³/mol. The number of anilines is 6. The maximum Gasteiger partial charge on any atom is 0.252 e. The Hall–Kier alpha value is -4.95. The molecule has 0 unspecified atom stereocenters. The molecule has 0 spiro atoms. The van der Waals surface area contributed by atoms with Crippen LogP contribution in [0.15, 0.2) is 127 Å². The SMILES string of the molecule is [B]c1cc2c3c(c1)N(c1ccccc1-c1ccccc1)c1ccc(C(C)(C)C)cc1B3c1cc(C)ccc1N2c1ccc(C)cc1. The van der Waals surface area contributed by atoms with Gasteiger partial charge >= 0.3 is 0 Å². The van der Waals surface area contributed by atoms with Crippen molar-refractivity contribution in [1.82, 2.24) is 0 Å². The van der Waals surface area contributed by atoms with E-state index in [2.05, 4.69) is 172 Å². The molecule has 2 heterocycles. The molecule has 46 heavy (non-hydrogen) atoms. The number of para-hydroxylation sites is 1. The van der Waals surface area contributed by atoms with E-state index in [9.17, 15) is 0 Å². The van der Waals surface area contributed by atoms with Crippen LogP contribution in [0.5, 0.6) is 0 Å². The number of rotatable bonds is 3. The van der Waals surface area contributed by atoms with Crippen molar-refractivity contribution < 1.29 is 0 Å². The first-order valence-corrected chi connectivity index (χ1v) is 16.2. The van der Waals surface area contributed by atoms with E-state index in [1.165, 1.54) is 55.6 Å². The molecule has 0 fully saturated rings. The maximum atomic E-state index is 6.87. The van der Waals surface area contributed by atoms with E-state index in [1.54, 1.807) is 0 Å². The molecule has 4 heteroatoms. The van der Waals surface area contributed by atoms with Crippen molar-refractivity contribution >= 4 is 70.5 Å². The zero-order valence-electron chi connectivity index (χ0n) is 27.2. The fraction of sp³-hybridized carbons (Fsp3) is 0.143. The predicted octanol–water partition coefficient (Wildman–Crippen LogP) is 8.14. The summed E-state index contributed by atoms with van der Waals surface area (Å²) in [6.07, 6.45) is 0. The minimum atomic E-state index is 0.00403. The Balaban J connectivity index is 1.49. The van der Waals surface area contributed by atoms with E-state index < -0.39 is 0 Å². The molecule has 0 aromatic heterocycles. The summed E-state index contributed by atoms with van der Waals surface area (Å²) in [5.74, 6) is 0. The van der Waals surface area contributed by atoms with Gasteiger partial charge in [0.25, 0.3) is 6.71 Å². The van der Waals surface area contributed by atoms with E-state index in [-0.39, 0.29) is 12.1 Å². The maximum absolute atomic E-state index is 6.87. The number of hydrogen-bond donors (Lipinski definition) is 0. The summed E-state index contributed by atoms with van der Waals surface area (Å²) in [5.41, 5.74) is 17.8. The van der Waals surface area contributed by atoms with Crippen LogP contribution in [-0.4, -0.2) is 14.6 Å². The summed E-state index contributed by atoms with van der Waals surface area (Å²) in [5, 5.41) is 0. The van der Waals surface area contributed by atoms with Crippen LogP contribution in [0.3, 0.4) is 0 Å². The molecule has 2 nitrogen and oxygen atoms in total. The van der Waals surface area contributed by atoms with E-state index in [0.717, 1.165) is 28.2 Å². The van der Waals surface area contributed by atoms with Crippen LogP contribution in [0.25, 0.3) is 11.1 Å². The van der Waals surface area contributed by atoms with Crippen molar-refractivity contribution in [2.45, 2.75) is 40.0 Å². The van der Waals surface area contributed by atoms with Crippen LogP contribution in [0.4, 0.5) is 34.1 Å². The highest BCUT2D eigenvalue weighted by Gasteiger charge is 2.44. The third kappa shape index (κ3) is 4.50. The quantitative estimate of drug-likeness (QED) is 0.192. The second kappa shape index (κ2) is 10.6. The lowest BCUT2D eigenvalue weighted by Crippen LogP contribution is -2.62. The molecule has 0 amide bonds. The summed E-state index contributed by atoms with van der Waals surface area (Å²) < 4.78 is 0. The highest BCUT2D eigenvalue weighted by atomic mass is 15.2. The zero-order valence-corrected chi connectivity index (χ0v) is 27.2. The van der Waals surface area contributed by atoms with Gasteiger partial charge in [-0.05, 0) is 89.2 Å². The smallest absolute Gasteiger partial charge is 0.252 e. The second-order valence-electron chi connectivity index (χ2n) is 13.9. The van der Waals surface area contributed by atoms with Gasteiger partial charge in [0.2, 0.25) is 0 Å². The lowest BCUT2D eigenvalue weighted by atomic mass is 9.33. The van der Waals surface area contributed by atoms with Crippen molar-refractivity contribution in [3.63, 3.8) is 0 Å². The van der Waals surface area contributed by atoms with Crippen LogP contribution in [0.1, 0.15) is 37.5 Å². The minimum absolute atomic E-state index is 0.00403. The Kier molecular flexibility index (Phi) is 6.55. The molecular formula is C42H36B2N2. The summed E-state index contributed by atoms with van der Waals surface area (Å²) in [7, 11) is 6.87. The van der Waals surface area contributed by atoms with Crippen molar-refractivity contribution in [1.29, 1.82) is 0 Å². The summed E-state index contributed by atoms with van der Waals surface area (Å²) >= 11 is 0. The van der Waals surface area contributed by atoms with Crippen LogP contribution >= 0.6 is 0 Å². The molecular weight excluding hydrogens is 554 g/mol. The topological polar surface area (TPSA) is 6.48 Å². The fourth-order valence-electron chi connectivity index (χ4n) is 7.37. The Morgan fingerprint density at radius 3 is 1.89 bits per heavy atom. The first kappa shape index (κ1) is 28.5. The molecule has 2 aliphatic rings. The van der Waals surface area contributed by atoms with Crippen LogP contribution in [-0.2, 0) is 5.41 Å². The molecule has 2 aliphatic heterocycles. The highest BCUT2D eigenvalue weighted by Crippen LogP contribution is 2.46. The molecule has 2 radical (unpaired) electrons. The summed E-state index contributed by atoms with van der Waals surface area (Å²) in [6.45, 7) is 11.3. The largest absolute Gasteiger partial charge is 0.311 e. The van der Waals surface area contributed by atoms with Gasteiger partial charge in [0.15, 0.2) is 0 Å². The molecule has 0 N–H and O–H groups in total. The Morgan fingerprint density at radius 2 is 1.15 bits per heavy atom. The number of nitrogens with zero attached hydrogens (tertiary/aromatic N) is 2. The van der Waals surface area contributed by atoms with Crippen LogP contribution in [0, 0.1) is 13.8 Å². The average molecular weight is 590 g/mol.